The quantitative estimate of drug-likeness (QED) is 0.735. The fourth-order valence-corrected chi connectivity index (χ4v) is 3.37. The van der Waals surface area contributed by atoms with Gasteiger partial charge in [0, 0.05) is 17.3 Å². The number of methoxy groups -OCH3 is 2. The fourth-order valence-electron chi connectivity index (χ4n) is 3.37. The van der Waals surface area contributed by atoms with Crippen LogP contribution < -0.4 is 14.4 Å². The highest BCUT2D eigenvalue weighted by Gasteiger charge is 2.26. The molecule has 0 unspecified atom stereocenters. The van der Waals surface area contributed by atoms with Crippen LogP contribution in [-0.2, 0) is 6.54 Å². The number of carbonyl (C=O) groups excluding carboxylic acids is 2. The molecule has 1 fully saturated rings. The summed E-state index contributed by atoms with van der Waals surface area (Å²) in [6.45, 7) is 5.50. The molecule has 2 heterocycles. The van der Waals surface area contributed by atoms with Crippen molar-refractivity contribution < 1.29 is 24.0 Å². The zero-order valence-corrected chi connectivity index (χ0v) is 16.0. The van der Waals surface area contributed by atoms with E-state index in [-0.39, 0.29) is 11.7 Å². The van der Waals surface area contributed by atoms with Gasteiger partial charge >= 0.3 is 0 Å². The van der Waals surface area contributed by atoms with Gasteiger partial charge < -0.3 is 24.3 Å². The van der Waals surface area contributed by atoms with E-state index >= 15 is 0 Å². The molecule has 2 aromatic rings. The molecule has 1 aliphatic heterocycles. The SMILES string of the molecule is COc1ccc(C[NH+]2CCN(C(=O)c3cc(C(C)=O)c[nH]3)CC2)cc1OC. The fraction of sp³-hybridized carbons (Fsp3) is 0.400. The van der Waals surface area contributed by atoms with Gasteiger partial charge in [-0.3, -0.25) is 9.59 Å². The molecule has 7 heteroatoms. The number of benzene rings is 1. The zero-order valence-electron chi connectivity index (χ0n) is 16.0. The summed E-state index contributed by atoms with van der Waals surface area (Å²) >= 11 is 0. The minimum Gasteiger partial charge on any atom is -0.493 e. The molecule has 0 spiro atoms. The Morgan fingerprint density at radius 3 is 2.41 bits per heavy atom. The van der Waals surface area contributed by atoms with Crippen LogP contribution >= 0.6 is 0 Å². The van der Waals surface area contributed by atoms with E-state index in [4.69, 9.17) is 9.47 Å². The van der Waals surface area contributed by atoms with Gasteiger partial charge in [0.15, 0.2) is 17.3 Å². The van der Waals surface area contributed by atoms with E-state index < -0.39 is 0 Å². The molecular weight excluding hydrogens is 346 g/mol. The number of H-pyrrole nitrogens is 1. The number of quaternary nitrogens is 1. The van der Waals surface area contributed by atoms with Crippen LogP contribution in [-0.4, -0.2) is 62.0 Å². The number of amides is 1. The van der Waals surface area contributed by atoms with E-state index in [0.717, 1.165) is 31.1 Å². The van der Waals surface area contributed by atoms with Gasteiger partial charge in [0.1, 0.15) is 12.2 Å². The van der Waals surface area contributed by atoms with Gasteiger partial charge in [-0.2, -0.15) is 0 Å². The molecule has 0 atom stereocenters. The molecule has 7 nitrogen and oxygen atoms in total. The zero-order chi connectivity index (χ0) is 19.4. The van der Waals surface area contributed by atoms with Crippen molar-refractivity contribution in [3.05, 3.63) is 47.3 Å². The number of ether oxygens (including phenoxy) is 2. The Hall–Kier alpha value is -2.80. The molecule has 1 aromatic carbocycles. The van der Waals surface area contributed by atoms with Gasteiger partial charge in [0.05, 0.1) is 40.4 Å². The number of hydrogen-bond acceptors (Lipinski definition) is 4. The molecule has 27 heavy (non-hydrogen) atoms. The third-order valence-corrected chi connectivity index (χ3v) is 4.98. The lowest BCUT2D eigenvalue weighted by Crippen LogP contribution is -3.13. The number of piperazine rings is 1. The van der Waals surface area contributed by atoms with Crippen molar-refractivity contribution in [2.75, 3.05) is 40.4 Å². The molecule has 1 amide bonds. The number of Topliss-reactive ketones (excluding diaryl/α,β-unsaturated/α-hetero) is 1. The summed E-state index contributed by atoms with van der Waals surface area (Å²) in [6.07, 6.45) is 1.59. The second-order valence-corrected chi connectivity index (χ2v) is 6.77. The molecule has 0 aliphatic carbocycles. The Kier molecular flexibility index (Phi) is 5.81. The third-order valence-electron chi connectivity index (χ3n) is 4.98. The van der Waals surface area contributed by atoms with Crippen molar-refractivity contribution in [2.24, 2.45) is 0 Å². The highest BCUT2D eigenvalue weighted by molar-refractivity contribution is 5.99. The maximum atomic E-state index is 12.6. The predicted molar refractivity (Wildman–Crippen MR) is 101 cm³/mol. The van der Waals surface area contributed by atoms with Crippen LogP contribution in [0.3, 0.4) is 0 Å². The van der Waals surface area contributed by atoms with E-state index in [0.29, 0.717) is 24.3 Å². The Morgan fingerprint density at radius 1 is 1.11 bits per heavy atom. The van der Waals surface area contributed by atoms with Gasteiger partial charge in [0.2, 0.25) is 0 Å². The van der Waals surface area contributed by atoms with Crippen LogP contribution in [0.1, 0.15) is 33.3 Å². The summed E-state index contributed by atoms with van der Waals surface area (Å²) in [5.74, 6) is 1.36. The minimum absolute atomic E-state index is 0.0468. The lowest BCUT2D eigenvalue weighted by molar-refractivity contribution is -0.917. The van der Waals surface area contributed by atoms with Crippen molar-refractivity contribution in [3.63, 3.8) is 0 Å². The van der Waals surface area contributed by atoms with Gasteiger partial charge in [-0.1, -0.05) is 0 Å². The van der Waals surface area contributed by atoms with Crippen molar-refractivity contribution >= 4 is 11.7 Å². The molecule has 1 aliphatic rings. The summed E-state index contributed by atoms with van der Waals surface area (Å²) in [5, 5.41) is 0. The summed E-state index contributed by atoms with van der Waals surface area (Å²) < 4.78 is 10.6. The molecule has 2 N–H and O–H groups in total. The van der Waals surface area contributed by atoms with E-state index in [1.165, 1.54) is 17.4 Å². The van der Waals surface area contributed by atoms with E-state index in [9.17, 15) is 9.59 Å². The number of carbonyl (C=O) groups is 2. The van der Waals surface area contributed by atoms with Crippen LogP contribution in [0.5, 0.6) is 11.5 Å². The maximum absolute atomic E-state index is 12.6. The lowest BCUT2D eigenvalue weighted by Gasteiger charge is -2.32. The third kappa shape index (κ3) is 4.31. The molecule has 0 radical (unpaired) electrons. The average molecular weight is 372 g/mol. The molecule has 1 saturated heterocycles. The molecule has 1 aromatic heterocycles. The Bertz CT molecular complexity index is 822. The van der Waals surface area contributed by atoms with Gasteiger partial charge in [-0.15, -0.1) is 0 Å². The Morgan fingerprint density at radius 2 is 1.81 bits per heavy atom. The molecule has 144 valence electrons. The van der Waals surface area contributed by atoms with Gasteiger partial charge in [-0.25, -0.2) is 0 Å². The number of ketones is 1. The van der Waals surface area contributed by atoms with Crippen molar-refractivity contribution in [1.29, 1.82) is 0 Å². The van der Waals surface area contributed by atoms with E-state index in [2.05, 4.69) is 4.98 Å². The van der Waals surface area contributed by atoms with Crippen LogP contribution in [0.2, 0.25) is 0 Å². The number of hydrogen-bond donors (Lipinski definition) is 2. The molecular formula is C20H26N3O4+. The predicted octanol–water partition coefficient (Wildman–Crippen LogP) is 0.775. The van der Waals surface area contributed by atoms with Gasteiger partial charge in [-0.05, 0) is 31.2 Å². The standard InChI is InChI=1S/C20H25N3O4/c1-14(24)16-11-17(21-12-16)20(25)23-8-6-22(7-9-23)13-15-4-5-18(26-2)19(10-15)27-3/h4-5,10-12,21H,6-9,13H2,1-3H3/p+1. The van der Waals surface area contributed by atoms with Crippen molar-refractivity contribution in [3.8, 4) is 11.5 Å². The van der Waals surface area contributed by atoms with Crippen molar-refractivity contribution in [1.82, 2.24) is 9.88 Å². The minimum atomic E-state index is -0.0485. The second kappa shape index (κ2) is 8.26. The normalized spacial score (nSPS) is 14.9. The lowest BCUT2D eigenvalue weighted by atomic mass is 10.1. The highest BCUT2D eigenvalue weighted by atomic mass is 16.5. The number of nitrogens with one attached hydrogen (secondary N) is 2. The van der Waals surface area contributed by atoms with Crippen LogP contribution in [0, 0.1) is 0 Å². The number of aromatic amines is 1. The summed E-state index contributed by atoms with van der Waals surface area (Å²) in [7, 11) is 3.26. The largest absolute Gasteiger partial charge is 0.493 e. The first-order valence-electron chi connectivity index (χ1n) is 9.05. The topological polar surface area (TPSA) is 76.1 Å². The number of aromatic nitrogens is 1. The Balaban J connectivity index is 1.57. The van der Waals surface area contributed by atoms with Crippen molar-refractivity contribution in [2.45, 2.75) is 13.5 Å². The first kappa shape index (κ1) is 19.0. The summed E-state index contributed by atoms with van der Waals surface area (Å²) in [5.41, 5.74) is 2.19. The second-order valence-electron chi connectivity index (χ2n) is 6.77. The number of rotatable bonds is 6. The summed E-state index contributed by atoms with van der Waals surface area (Å²) in [6, 6.07) is 7.61. The van der Waals surface area contributed by atoms with Crippen LogP contribution in [0.15, 0.2) is 30.5 Å². The highest BCUT2D eigenvalue weighted by Crippen LogP contribution is 2.27. The first-order valence-corrected chi connectivity index (χ1v) is 9.05. The first-order chi connectivity index (χ1) is 13.0. The Labute approximate surface area is 158 Å². The van der Waals surface area contributed by atoms with E-state index in [1.54, 1.807) is 26.5 Å². The number of nitrogens with zero attached hydrogens (tertiary/aromatic N) is 1. The maximum Gasteiger partial charge on any atom is 0.270 e. The van der Waals surface area contributed by atoms with Crippen LogP contribution in [0.25, 0.3) is 0 Å². The van der Waals surface area contributed by atoms with E-state index in [1.807, 2.05) is 23.1 Å². The monoisotopic (exact) mass is 372 g/mol. The van der Waals surface area contributed by atoms with Crippen LogP contribution in [0.4, 0.5) is 0 Å². The molecule has 0 saturated carbocycles. The summed E-state index contributed by atoms with van der Waals surface area (Å²) in [4.78, 5) is 30.2. The van der Waals surface area contributed by atoms with Gasteiger partial charge in [0.25, 0.3) is 5.91 Å². The smallest absolute Gasteiger partial charge is 0.270 e. The molecule has 3 rings (SSSR count). The molecule has 0 bridgehead atoms. The average Bonchev–Trinajstić information content (AvgIpc) is 3.18.